The second kappa shape index (κ2) is 6.20. The van der Waals surface area contributed by atoms with Crippen LogP contribution in [-0.4, -0.2) is 28.5 Å². The monoisotopic (exact) mass is 251 g/mol. The number of nitrogens with one attached hydrogen (secondary N) is 1. The third kappa shape index (κ3) is 4.40. The molecule has 0 aliphatic heterocycles. The Kier molecular flexibility index (Phi) is 4.90. The van der Waals surface area contributed by atoms with Crippen molar-refractivity contribution in [2.24, 2.45) is 5.73 Å². The van der Waals surface area contributed by atoms with E-state index < -0.39 is 0 Å². The molecule has 0 fully saturated rings. The van der Waals surface area contributed by atoms with E-state index in [2.05, 4.69) is 5.32 Å². The zero-order chi connectivity index (χ0) is 12.8. The Morgan fingerprint density at radius 1 is 1.41 bits per heavy atom. The van der Waals surface area contributed by atoms with Crippen molar-refractivity contribution in [3.63, 3.8) is 0 Å². The Labute approximate surface area is 107 Å². The number of benzene rings is 1. The number of para-hydroxylation sites is 1. The van der Waals surface area contributed by atoms with Crippen LogP contribution in [0.3, 0.4) is 0 Å². The molecule has 3 N–H and O–H groups in total. The van der Waals surface area contributed by atoms with Gasteiger partial charge in [0.2, 0.25) is 0 Å². The zero-order valence-corrected chi connectivity index (χ0v) is 10.8. The van der Waals surface area contributed by atoms with Crippen LogP contribution in [0, 0.1) is 0 Å². The van der Waals surface area contributed by atoms with Crippen molar-refractivity contribution in [1.29, 1.82) is 0 Å². The number of carbonyl (C=O) groups is 1. The number of rotatable bonds is 4. The lowest BCUT2D eigenvalue weighted by atomic mass is 10.3. The summed E-state index contributed by atoms with van der Waals surface area (Å²) in [5.41, 5.74) is 6.23. The molecule has 17 heavy (non-hydrogen) atoms. The van der Waals surface area contributed by atoms with Crippen LogP contribution in [0.15, 0.2) is 30.3 Å². The first-order chi connectivity index (χ1) is 8.00. The molecular formula is C12H17N3OS. The lowest BCUT2D eigenvalue weighted by Gasteiger charge is -2.26. The molecule has 0 saturated carbocycles. The molecule has 0 saturated heterocycles. The number of nitrogens with zero attached hydrogens (tertiary/aromatic N) is 1. The highest BCUT2D eigenvalue weighted by atomic mass is 32.1. The van der Waals surface area contributed by atoms with E-state index in [1.807, 2.05) is 44.2 Å². The average Bonchev–Trinajstić information content (AvgIpc) is 2.26. The summed E-state index contributed by atoms with van der Waals surface area (Å²) in [6, 6.07) is 9.13. The Morgan fingerprint density at radius 2 is 2.00 bits per heavy atom. The maximum Gasteiger partial charge on any atom is 0.322 e. The van der Waals surface area contributed by atoms with Crippen molar-refractivity contribution < 1.29 is 4.79 Å². The molecule has 0 aliphatic carbocycles. The second-order valence-corrected chi connectivity index (χ2v) is 4.51. The fourth-order valence-corrected chi connectivity index (χ4v) is 1.51. The summed E-state index contributed by atoms with van der Waals surface area (Å²) in [6.07, 6.45) is 0. The van der Waals surface area contributed by atoms with Gasteiger partial charge in [0.25, 0.3) is 0 Å². The van der Waals surface area contributed by atoms with Crippen molar-refractivity contribution in [2.45, 2.75) is 19.9 Å². The van der Waals surface area contributed by atoms with E-state index in [0.717, 1.165) is 5.69 Å². The molecule has 0 atom stereocenters. The summed E-state index contributed by atoms with van der Waals surface area (Å²) >= 11 is 4.83. The standard InChI is InChI=1S/C12H17N3OS/c1-9(2)15(8-11(13)17)12(16)14-10-6-4-3-5-7-10/h3-7,9H,8H2,1-2H3,(H2,13,17)(H,14,16). The number of amides is 2. The smallest absolute Gasteiger partial charge is 0.322 e. The molecule has 4 nitrogen and oxygen atoms in total. The van der Waals surface area contributed by atoms with Gasteiger partial charge in [-0.3, -0.25) is 0 Å². The van der Waals surface area contributed by atoms with Crippen LogP contribution in [0.5, 0.6) is 0 Å². The summed E-state index contributed by atoms with van der Waals surface area (Å²) in [4.78, 5) is 13.9. The van der Waals surface area contributed by atoms with Gasteiger partial charge in [0.15, 0.2) is 0 Å². The van der Waals surface area contributed by atoms with E-state index in [-0.39, 0.29) is 18.6 Å². The predicted molar refractivity (Wildman–Crippen MR) is 74.1 cm³/mol. The lowest BCUT2D eigenvalue weighted by molar-refractivity contribution is 0.206. The Hall–Kier alpha value is -1.62. The molecular weight excluding hydrogens is 234 g/mol. The minimum atomic E-state index is -0.195. The molecule has 2 amide bonds. The fourth-order valence-electron chi connectivity index (χ4n) is 1.37. The number of carbonyl (C=O) groups excluding carboxylic acids is 1. The van der Waals surface area contributed by atoms with Gasteiger partial charge in [-0.1, -0.05) is 30.4 Å². The first-order valence-corrected chi connectivity index (χ1v) is 5.82. The van der Waals surface area contributed by atoms with Crippen LogP contribution < -0.4 is 11.1 Å². The number of urea groups is 1. The molecule has 0 radical (unpaired) electrons. The molecule has 0 bridgehead atoms. The van der Waals surface area contributed by atoms with E-state index in [1.165, 1.54) is 0 Å². The molecule has 0 heterocycles. The maximum atomic E-state index is 12.0. The van der Waals surface area contributed by atoms with Crippen molar-refractivity contribution in [3.05, 3.63) is 30.3 Å². The van der Waals surface area contributed by atoms with Gasteiger partial charge in [-0.15, -0.1) is 0 Å². The lowest BCUT2D eigenvalue weighted by Crippen LogP contribution is -2.44. The third-order valence-electron chi connectivity index (χ3n) is 2.24. The molecule has 0 spiro atoms. The molecule has 92 valence electrons. The van der Waals surface area contributed by atoms with E-state index in [4.69, 9.17) is 18.0 Å². The largest absolute Gasteiger partial charge is 0.392 e. The summed E-state index contributed by atoms with van der Waals surface area (Å²) in [5, 5.41) is 2.80. The highest BCUT2D eigenvalue weighted by molar-refractivity contribution is 7.80. The van der Waals surface area contributed by atoms with Gasteiger partial charge in [-0.2, -0.15) is 0 Å². The van der Waals surface area contributed by atoms with Crippen molar-refractivity contribution in [2.75, 3.05) is 11.9 Å². The van der Waals surface area contributed by atoms with Gasteiger partial charge < -0.3 is 16.0 Å². The van der Waals surface area contributed by atoms with E-state index in [1.54, 1.807) is 4.90 Å². The number of thiocarbonyl (C=S) groups is 1. The van der Waals surface area contributed by atoms with Crippen LogP contribution >= 0.6 is 12.2 Å². The molecule has 0 aromatic heterocycles. The molecule has 1 aromatic carbocycles. The summed E-state index contributed by atoms with van der Waals surface area (Å²) in [5.74, 6) is 0. The zero-order valence-electron chi connectivity index (χ0n) is 10.0. The molecule has 1 aromatic rings. The van der Waals surface area contributed by atoms with Crippen LogP contribution in [0.25, 0.3) is 0 Å². The second-order valence-electron chi connectivity index (χ2n) is 3.98. The van der Waals surface area contributed by atoms with Gasteiger partial charge in [0.05, 0.1) is 11.5 Å². The number of anilines is 1. The SMILES string of the molecule is CC(C)N(CC(N)=S)C(=O)Nc1ccccc1. The predicted octanol–water partition coefficient (Wildman–Crippen LogP) is 2.22. The number of hydrogen-bond acceptors (Lipinski definition) is 2. The molecule has 0 unspecified atom stereocenters. The highest BCUT2D eigenvalue weighted by Crippen LogP contribution is 2.08. The molecule has 1 rings (SSSR count). The number of nitrogens with two attached hydrogens (primary N) is 1. The molecule has 0 aliphatic rings. The van der Waals surface area contributed by atoms with Crippen LogP contribution in [0.1, 0.15) is 13.8 Å². The maximum absolute atomic E-state index is 12.0. The first-order valence-electron chi connectivity index (χ1n) is 5.41. The first kappa shape index (κ1) is 13.4. The van der Waals surface area contributed by atoms with Crippen LogP contribution in [-0.2, 0) is 0 Å². The summed E-state index contributed by atoms with van der Waals surface area (Å²) in [7, 11) is 0. The van der Waals surface area contributed by atoms with Gasteiger partial charge in [-0.25, -0.2) is 4.79 Å². The van der Waals surface area contributed by atoms with E-state index in [0.29, 0.717) is 4.99 Å². The van der Waals surface area contributed by atoms with Crippen molar-refractivity contribution >= 4 is 28.9 Å². The quantitative estimate of drug-likeness (QED) is 0.807. The van der Waals surface area contributed by atoms with Gasteiger partial charge in [-0.05, 0) is 26.0 Å². The van der Waals surface area contributed by atoms with E-state index in [9.17, 15) is 4.79 Å². The third-order valence-corrected chi connectivity index (χ3v) is 2.36. The Bertz CT molecular complexity index is 392. The Morgan fingerprint density at radius 3 is 2.47 bits per heavy atom. The van der Waals surface area contributed by atoms with Crippen molar-refractivity contribution in [1.82, 2.24) is 4.90 Å². The van der Waals surface area contributed by atoms with Gasteiger partial charge in [0.1, 0.15) is 0 Å². The average molecular weight is 251 g/mol. The van der Waals surface area contributed by atoms with Crippen molar-refractivity contribution in [3.8, 4) is 0 Å². The minimum Gasteiger partial charge on any atom is -0.392 e. The summed E-state index contributed by atoms with van der Waals surface area (Å²) < 4.78 is 0. The summed E-state index contributed by atoms with van der Waals surface area (Å²) in [6.45, 7) is 4.12. The van der Waals surface area contributed by atoms with Gasteiger partial charge >= 0.3 is 6.03 Å². The van der Waals surface area contributed by atoms with Crippen LogP contribution in [0.2, 0.25) is 0 Å². The topological polar surface area (TPSA) is 58.4 Å². The van der Waals surface area contributed by atoms with E-state index >= 15 is 0 Å². The normalized spacial score (nSPS) is 10.1. The van der Waals surface area contributed by atoms with Crippen LogP contribution in [0.4, 0.5) is 10.5 Å². The molecule has 5 heteroatoms. The Balaban J connectivity index is 2.69. The minimum absolute atomic E-state index is 0.0419. The number of hydrogen-bond donors (Lipinski definition) is 2. The van der Waals surface area contributed by atoms with Gasteiger partial charge in [0, 0.05) is 11.7 Å². The fraction of sp³-hybridized carbons (Fsp3) is 0.333. The highest BCUT2D eigenvalue weighted by Gasteiger charge is 2.17.